The maximum absolute atomic E-state index is 13.6. The van der Waals surface area contributed by atoms with Crippen molar-refractivity contribution in [1.82, 2.24) is 21.0 Å². The number of carbonyl (C=O) groups is 3. The SMILES string of the molecule is C[C@H](N)C(=O)NC(C(=O)N1CCCC1C(=O)N/C(S)=C(/NN)c1ccccc1)C1CCCCC1. The third-order valence-corrected chi connectivity index (χ3v) is 6.96. The molecule has 9 nitrogen and oxygen atoms in total. The summed E-state index contributed by atoms with van der Waals surface area (Å²) in [5.74, 6) is 4.81. The van der Waals surface area contributed by atoms with Crippen LogP contribution in [0.1, 0.15) is 57.4 Å². The molecule has 0 radical (unpaired) electrons. The van der Waals surface area contributed by atoms with Gasteiger partial charge < -0.3 is 26.7 Å². The number of nitrogens with two attached hydrogens (primary N) is 2. The van der Waals surface area contributed by atoms with Crippen molar-refractivity contribution in [3.8, 4) is 0 Å². The molecule has 3 rings (SSSR count). The molecule has 2 aliphatic rings. The minimum Gasteiger partial charge on any atom is -0.343 e. The Bertz CT molecular complexity index is 901. The average Bonchev–Trinajstić information content (AvgIpc) is 3.34. The van der Waals surface area contributed by atoms with E-state index >= 15 is 0 Å². The molecule has 1 saturated heterocycles. The minimum atomic E-state index is -0.714. The second kappa shape index (κ2) is 12.2. The average molecular weight is 489 g/mol. The number of carbonyl (C=O) groups excluding carboxylic acids is 3. The first-order chi connectivity index (χ1) is 16.3. The van der Waals surface area contributed by atoms with Gasteiger partial charge in [-0.2, -0.15) is 0 Å². The van der Waals surface area contributed by atoms with Gasteiger partial charge in [0.25, 0.3) is 0 Å². The van der Waals surface area contributed by atoms with Gasteiger partial charge >= 0.3 is 0 Å². The van der Waals surface area contributed by atoms with Crippen LogP contribution in [0, 0.1) is 5.92 Å². The summed E-state index contributed by atoms with van der Waals surface area (Å²) in [5.41, 5.74) is 9.59. The molecule has 1 aromatic carbocycles. The molecule has 2 unspecified atom stereocenters. The smallest absolute Gasteiger partial charge is 0.247 e. The van der Waals surface area contributed by atoms with E-state index in [4.69, 9.17) is 11.6 Å². The number of benzene rings is 1. The lowest BCUT2D eigenvalue weighted by atomic mass is 9.83. The Morgan fingerprint density at radius 2 is 1.74 bits per heavy atom. The van der Waals surface area contributed by atoms with Crippen LogP contribution in [0.5, 0.6) is 0 Å². The molecule has 0 bridgehead atoms. The quantitative estimate of drug-likeness (QED) is 0.185. The zero-order valence-electron chi connectivity index (χ0n) is 19.6. The lowest BCUT2D eigenvalue weighted by Crippen LogP contribution is -2.57. The predicted molar refractivity (Wildman–Crippen MR) is 135 cm³/mol. The Morgan fingerprint density at radius 1 is 1.06 bits per heavy atom. The number of rotatable bonds is 8. The summed E-state index contributed by atoms with van der Waals surface area (Å²) in [6.45, 7) is 2.06. The molecule has 0 aromatic heterocycles. The first-order valence-electron chi connectivity index (χ1n) is 12.0. The van der Waals surface area contributed by atoms with E-state index < -0.39 is 18.1 Å². The van der Waals surface area contributed by atoms with Crippen LogP contribution in [0.2, 0.25) is 0 Å². The van der Waals surface area contributed by atoms with E-state index in [2.05, 4.69) is 28.7 Å². The van der Waals surface area contributed by atoms with Crippen molar-refractivity contribution in [2.45, 2.75) is 70.0 Å². The molecular weight excluding hydrogens is 452 g/mol. The van der Waals surface area contributed by atoms with Crippen LogP contribution in [0.3, 0.4) is 0 Å². The van der Waals surface area contributed by atoms with E-state index in [1.165, 1.54) is 0 Å². The van der Waals surface area contributed by atoms with Gasteiger partial charge in [0, 0.05) is 12.1 Å². The minimum absolute atomic E-state index is 0.0414. The van der Waals surface area contributed by atoms with Crippen LogP contribution in [-0.2, 0) is 14.4 Å². The third kappa shape index (κ3) is 6.31. The first kappa shape index (κ1) is 26.1. The standard InChI is InChI=1S/C24H36N6O3S/c1-15(25)21(31)27-20(17-11-6-3-7-12-17)24(33)30-14-8-13-18(30)22(32)28-23(34)19(29-26)16-9-4-2-5-10-16/h2,4-5,9-10,15,17-18,20,29,34H,3,6-8,11-14,25-26H2,1H3,(H,27,31)(H,28,32)/b23-19-/t15-,18?,20?/m0/s1. The molecule has 1 aliphatic carbocycles. The molecule has 7 N–H and O–H groups in total. The van der Waals surface area contributed by atoms with Gasteiger partial charge in [0.2, 0.25) is 17.7 Å². The molecular formula is C24H36N6O3S. The van der Waals surface area contributed by atoms with E-state index in [1.807, 2.05) is 30.3 Å². The topological polar surface area (TPSA) is 143 Å². The number of nitrogens with one attached hydrogen (secondary N) is 3. The Labute approximate surface area is 206 Å². The zero-order valence-corrected chi connectivity index (χ0v) is 20.5. The van der Waals surface area contributed by atoms with Crippen molar-refractivity contribution in [2.24, 2.45) is 17.5 Å². The number of hydrogen-bond donors (Lipinski definition) is 6. The molecule has 3 atom stereocenters. The van der Waals surface area contributed by atoms with Gasteiger partial charge in [-0.25, -0.2) is 0 Å². The summed E-state index contributed by atoms with van der Waals surface area (Å²) in [6.07, 6.45) is 6.15. The second-order valence-corrected chi connectivity index (χ2v) is 9.53. The number of amides is 3. The normalized spacial score (nSPS) is 21.3. The first-order valence-corrected chi connectivity index (χ1v) is 12.4. The van der Waals surface area contributed by atoms with E-state index in [9.17, 15) is 14.4 Å². The Balaban J connectivity index is 1.77. The van der Waals surface area contributed by atoms with Crippen molar-refractivity contribution >= 4 is 36.0 Å². The van der Waals surface area contributed by atoms with Crippen molar-refractivity contribution in [3.05, 3.63) is 40.9 Å². The van der Waals surface area contributed by atoms with Gasteiger partial charge in [-0.3, -0.25) is 20.2 Å². The maximum Gasteiger partial charge on any atom is 0.247 e. The van der Waals surface area contributed by atoms with E-state index in [0.29, 0.717) is 25.1 Å². The summed E-state index contributed by atoms with van der Waals surface area (Å²) in [4.78, 5) is 40.8. The highest BCUT2D eigenvalue weighted by molar-refractivity contribution is 7.84. The number of likely N-dealkylation sites (tertiary alicyclic amines) is 1. The maximum atomic E-state index is 13.6. The molecule has 1 aliphatic heterocycles. The van der Waals surface area contributed by atoms with E-state index in [1.54, 1.807) is 11.8 Å². The van der Waals surface area contributed by atoms with Gasteiger partial charge in [0.05, 0.1) is 16.8 Å². The zero-order chi connectivity index (χ0) is 24.7. The summed E-state index contributed by atoms with van der Waals surface area (Å²) < 4.78 is 0. The lowest BCUT2D eigenvalue weighted by Gasteiger charge is -2.35. The molecule has 2 fully saturated rings. The molecule has 3 amide bonds. The molecule has 1 saturated carbocycles. The molecule has 1 heterocycles. The molecule has 1 aromatic rings. The largest absolute Gasteiger partial charge is 0.343 e. The molecule has 186 valence electrons. The summed E-state index contributed by atoms with van der Waals surface area (Å²) in [7, 11) is 0. The predicted octanol–water partition coefficient (Wildman–Crippen LogP) is 1.23. The van der Waals surface area contributed by atoms with Crippen LogP contribution in [0.15, 0.2) is 35.4 Å². The second-order valence-electron chi connectivity index (χ2n) is 9.09. The fourth-order valence-electron chi connectivity index (χ4n) is 4.77. The van der Waals surface area contributed by atoms with Gasteiger partial charge in [0.15, 0.2) is 0 Å². The van der Waals surface area contributed by atoms with E-state index in [0.717, 1.165) is 37.7 Å². The summed E-state index contributed by atoms with van der Waals surface area (Å²) in [6, 6.07) is 7.24. The Hall–Kier alpha value is -2.56. The van der Waals surface area contributed by atoms with Crippen LogP contribution in [0.25, 0.3) is 5.70 Å². The van der Waals surface area contributed by atoms with Crippen molar-refractivity contribution in [2.75, 3.05) is 6.54 Å². The van der Waals surface area contributed by atoms with Crippen LogP contribution in [-0.4, -0.2) is 47.3 Å². The van der Waals surface area contributed by atoms with Crippen LogP contribution >= 0.6 is 12.6 Å². The number of thiol groups is 1. The highest BCUT2D eigenvalue weighted by Crippen LogP contribution is 2.29. The fraction of sp³-hybridized carbons (Fsp3) is 0.542. The monoisotopic (exact) mass is 488 g/mol. The third-order valence-electron chi connectivity index (χ3n) is 6.62. The summed E-state index contributed by atoms with van der Waals surface area (Å²) in [5, 5.41) is 5.94. The van der Waals surface area contributed by atoms with Crippen molar-refractivity contribution < 1.29 is 14.4 Å². The van der Waals surface area contributed by atoms with Crippen molar-refractivity contribution in [1.29, 1.82) is 0 Å². The highest BCUT2D eigenvalue weighted by Gasteiger charge is 2.41. The lowest BCUT2D eigenvalue weighted by molar-refractivity contribution is -0.142. The van der Waals surface area contributed by atoms with E-state index in [-0.39, 0.29) is 28.7 Å². The Kier molecular flexibility index (Phi) is 9.37. The number of nitrogens with zero attached hydrogens (tertiary/aromatic N) is 1. The van der Waals surface area contributed by atoms with Gasteiger partial charge in [-0.15, -0.1) is 12.6 Å². The van der Waals surface area contributed by atoms with Crippen molar-refractivity contribution in [3.63, 3.8) is 0 Å². The molecule has 34 heavy (non-hydrogen) atoms. The highest BCUT2D eigenvalue weighted by atomic mass is 32.1. The molecule has 10 heteroatoms. The van der Waals surface area contributed by atoms with Gasteiger partial charge in [-0.1, -0.05) is 49.6 Å². The van der Waals surface area contributed by atoms with Crippen LogP contribution < -0.4 is 27.6 Å². The Morgan fingerprint density at radius 3 is 2.35 bits per heavy atom. The fourth-order valence-corrected chi connectivity index (χ4v) is 5.07. The van der Waals surface area contributed by atoms with Crippen LogP contribution in [0.4, 0.5) is 0 Å². The number of hydrogen-bond acceptors (Lipinski definition) is 7. The summed E-state index contributed by atoms with van der Waals surface area (Å²) >= 11 is 4.45. The van der Waals surface area contributed by atoms with Gasteiger partial charge in [-0.05, 0) is 38.5 Å². The molecule has 0 spiro atoms. The van der Waals surface area contributed by atoms with Gasteiger partial charge in [0.1, 0.15) is 12.1 Å². The number of hydrazine groups is 1.